The van der Waals surface area contributed by atoms with Crippen LogP contribution in [0.3, 0.4) is 0 Å². The second-order valence-corrected chi connectivity index (χ2v) is 4.24. The van der Waals surface area contributed by atoms with Gasteiger partial charge in [0.2, 0.25) is 0 Å². The molecule has 0 aliphatic carbocycles. The lowest BCUT2D eigenvalue weighted by Gasteiger charge is -2.39. The molecule has 1 aliphatic rings. The minimum atomic E-state index is 0.0423. The molecule has 3 nitrogen and oxygen atoms in total. The van der Waals surface area contributed by atoms with Crippen LogP contribution in [0.4, 0.5) is 0 Å². The predicted molar refractivity (Wildman–Crippen MR) is 57.1 cm³/mol. The normalized spacial score (nSPS) is 32.9. The average molecular weight is 191 g/mol. The molecular weight excluding hydrogens is 174 g/mol. The highest BCUT2D eigenvalue weighted by Gasteiger charge is 2.30. The van der Waals surface area contributed by atoms with Crippen LogP contribution in [-0.4, -0.2) is 24.1 Å². The Morgan fingerprint density at radius 1 is 1.43 bits per heavy atom. The maximum absolute atomic E-state index is 4.04. The Balaban J connectivity index is 2.23. The van der Waals surface area contributed by atoms with Gasteiger partial charge in [0.05, 0.1) is 5.54 Å². The second kappa shape index (κ2) is 3.67. The third-order valence-electron chi connectivity index (χ3n) is 2.81. The molecule has 3 heteroatoms. The van der Waals surface area contributed by atoms with Crippen LogP contribution in [0.2, 0.25) is 0 Å². The summed E-state index contributed by atoms with van der Waals surface area (Å²) in [5, 5.41) is 7.06. The maximum atomic E-state index is 4.04. The zero-order chi connectivity index (χ0) is 10.0. The summed E-state index contributed by atoms with van der Waals surface area (Å²) < 4.78 is 0. The molecule has 2 rings (SSSR count). The molecule has 1 aromatic heterocycles. The highest BCUT2D eigenvalue weighted by Crippen LogP contribution is 2.21. The lowest BCUT2D eigenvalue weighted by molar-refractivity contribution is 0.255. The van der Waals surface area contributed by atoms with Crippen molar-refractivity contribution in [2.45, 2.75) is 25.4 Å². The molecular formula is C11H17N3. The summed E-state index contributed by atoms with van der Waals surface area (Å²) in [6, 6.07) is 4.67. The van der Waals surface area contributed by atoms with E-state index < -0.39 is 0 Å². The monoisotopic (exact) mass is 191 g/mol. The van der Waals surface area contributed by atoms with Crippen LogP contribution in [0.1, 0.15) is 19.4 Å². The fourth-order valence-electron chi connectivity index (χ4n) is 2.09. The van der Waals surface area contributed by atoms with E-state index in [4.69, 9.17) is 0 Å². The largest absolute Gasteiger partial charge is 0.313 e. The van der Waals surface area contributed by atoms with Crippen molar-refractivity contribution < 1.29 is 0 Å². The van der Waals surface area contributed by atoms with Crippen molar-refractivity contribution in [1.82, 2.24) is 15.6 Å². The highest BCUT2D eigenvalue weighted by atomic mass is 15.1. The van der Waals surface area contributed by atoms with E-state index in [1.165, 1.54) is 5.56 Å². The Morgan fingerprint density at radius 3 is 2.79 bits per heavy atom. The number of aromatic nitrogens is 1. The van der Waals surface area contributed by atoms with E-state index in [1.807, 2.05) is 12.4 Å². The summed E-state index contributed by atoms with van der Waals surface area (Å²) in [6.45, 7) is 6.44. The van der Waals surface area contributed by atoms with Crippen LogP contribution in [-0.2, 0) is 5.54 Å². The molecule has 0 aromatic carbocycles. The molecule has 2 unspecified atom stereocenters. The van der Waals surface area contributed by atoms with Gasteiger partial charge >= 0.3 is 0 Å². The molecule has 1 fully saturated rings. The number of nitrogens with zero attached hydrogens (tertiary/aromatic N) is 1. The standard InChI is InChI=1S/C11H17N3/c1-9-7-13-8-11(2,14-9)10-3-5-12-6-4-10/h3-6,9,13-14H,7-8H2,1-2H3. The van der Waals surface area contributed by atoms with Crippen molar-refractivity contribution in [2.24, 2.45) is 0 Å². The number of nitrogens with one attached hydrogen (secondary N) is 2. The zero-order valence-corrected chi connectivity index (χ0v) is 8.75. The van der Waals surface area contributed by atoms with Gasteiger partial charge in [-0.25, -0.2) is 0 Å². The van der Waals surface area contributed by atoms with Gasteiger partial charge in [0.1, 0.15) is 0 Å². The first-order chi connectivity index (χ1) is 6.71. The zero-order valence-electron chi connectivity index (χ0n) is 8.75. The van der Waals surface area contributed by atoms with Gasteiger partial charge < -0.3 is 10.6 Å². The fourth-order valence-corrected chi connectivity index (χ4v) is 2.09. The van der Waals surface area contributed by atoms with Crippen molar-refractivity contribution in [1.29, 1.82) is 0 Å². The Bertz CT molecular complexity index is 299. The molecule has 2 atom stereocenters. The van der Waals surface area contributed by atoms with Crippen molar-refractivity contribution in [3.63, 3.8) is 0 Å². The lowest BCUT2D eigenvalue weighted by atomic mass is 9.90. The van der Waals surface area contributed by atoms with Crippen molar-refractivity contribution in [3.05, 3.63) is 30.1 Å². The first kappa shape index (κ1) is 9.62. The van der Waals surface area contributed by atoms with Crippen LogP contribution in [0, 0.1) is 0 Å². The Labute approximate surface area is 84.9 Å². The number of piperazine rings is 1. The molecule has 0 radical (unpaired) electrons. The van der Waals surface area contributed by atoms with E-state index in [2.05, 4.69) is 41.6 Å². The number of hydrogen-bond acceptors (Lipinski definition) is 3. The minimum absolute atomic E-state index is 0.0423. The van der Waals surface area contributed by atoms with E-state index in [9.17, 15) is 0 Å². The number of hydrogen-bond donors (Lipinski definition) is 2. The van der Waals surface area contributed by atoms with E-state index in [1.54, 1.807) is 0 Å². The molecule has 0 bridgehead atoms. The average Bonchev–Trinajstić information content (AvgIpc) is 2.19. The van der Waals surface area contributed by atoms with Gasteiger partial charge in [-0.2, -0.15) is 0 Å². The quantitative estimate of drug-likeness (QED) is 0.692. The molecule has 0 spiro atoms. The minimum Gasteiger partial charge on any atom is -0.313 e. The van der Waals surface area contributed by atoms with Gasteiger partial charge in [-0.15, -0.1) is 0 Å². The topological polar surface area (TPSA) is 37.0 Å². The van der Waals surface area contributed by atoms with Gasteiger partial charge in [-0.05, 0) is 31.5 Å². The van der Waals surface area contributed by atoms with Gasteiger partial charge in [-0.3, -0.25) is 4.98 Å². The van der Waals surface area contributed by atoms with Crippen molar-refractivity contribution in [3.8, 4) is 0 Å². The molecule has 1 aromatic rings. The van der Waals surface area contributed by atoms with Gasteiger partial charge in [0.15, 0.2) is 0 Å². The number of rotatable bonds is 1. The second-order valence-electron chi connectivity index (χ2n) is 4.24. The van der Waals surface area contributed by atoms with Gasteiger partial charge in [0, 0.05) is 31.5 Å². The maximum Gasteiger partial charge on any atom is 0.0535 e. The molecule has 76 valence electrons. The van der Waals surface area contributed by atoms with Crippen LogP contribution < -0.4 is 10.6 Å². The van der Waals surface area contributed by atoms with Crippen molar-refractivity contribution >= 4 is 0 Å². The molecule has 1 aliphatic heterocycles. The molecule has 2 heterocycles. The lowest BCUT2D eigenvalue weighted by Crippen LogP contribution is -2.59. The van der Waals surface area contributed by atoms with Crippen molar-refractivity contribution in [2.75, 3.05) is 13.1 Å². The predicted octanol–water partition coefficient (Wildman–Crippen LogP) is 0.878. The smallest absolute Gasteiger partial charge is 0.0535 e. The van der Waals surface area contributed by atoms with Crippen LogP contribution >= 0.6 is 0 Å². The van der Waals surface area contributed by atoms with E-state index in [0.29, 0.717) is 6.04 Å². The number of pyridine rings is 1. The molecule has 14 heavy (non-hydrogen) atoms. The molecule has 0 amide bonds. The Kier molecular flexibility index (Phi) is 2.52. The van der Waals surface area contributed by atoms with Gasteiger partial charge in [-0.1, -0.05) is 0 Å². The van der Waals surface area contributed by atoms with Crippen LogP contribution in [0.25, 0.3) is 0 Å². The molecule has 1 saturated heterocycles. The summed E-state index contributed by atoms with van der Waals surface area (Å²) >= 11 is 0. The fraction of sp³-hybridized carbons (Fsp3) is 0.545. The summed E-state index contributed by atoms with van der Waals surface area (Å²) in [6.07, 6.45) is 3.70. The van der Waals surface area contributed by atoms with E-state index in [0.717, 1.165) is 13.1 Å². The first-order valence-electron chi connectivity index (χ1n) is 5.10. The Morgan fingerprint density at radius 2 is 2.14 bits per heavy atom. The Hall–Kier alpha value is -0.930. The SMILES string of the molecule is CC1CNCC(C)(c2ccncc2)N1. The summed E-state index contributed by atoms with van der Waals surface area (Å²) in [5.41, 5.74) is 1.34. The van der Waals surface area contributed by atoms with Crippen LogP contribution in [0.5, 0.6) is 0 Å². The molecule has 2 N–H and O–H groups in total. The summed E-state index contributed by atoms with van der Waals surface area (Å²) in [5.74, 6) is 0. The van der Waals surface area contributed by atoms with Crippen LogP contribution in [0.15, 0.2) is 24.5 Å². The molecule has 0 saturated carbocycles. The summed E-state index contributed by atoms with van der Waals surface area (Å²) in [7, 11) is 0. The third-order valence-corrected chi connectivity index (χ3v) is 2.81. The third kappa shape index (κ3) is 1.79. The van der Waals surface area contributed by atoms with E-state index >= 15 is 0 Å². The first-order valence-corrected chi connectivity index (χ1v) is 5.10. The van der Waals surface area contributed by atoms with Gasteiger partial charge in [0.25, 0.3) is 0 Å². The summed E-state index contributed by atoms with van der Waals surface area (Å²) in [4.78, 5) is 4.04. The van der Waals surface area contributed by atoms with E-state index in [-0.39, 0.29) is 5.54 Å². The highest BCUT2D eigenvalue weighted by molar-refractivity contribution is 5.22.